The Bertz CT molecular complexity index is 779. The summed E-state index contributed by atoms with van der Waals surface area (Å²) >= 11 is 0. The number of carbonyl (C=O) groups excluding carboxylic acids is 3. The molecule has 0 aromatic heterocycles. The lowest BCUT2D eigenvalue weighted by Gasteiger charge is -2.28. The van der Waals surface area contributed by atoms with Crippen molar-refractivity contribution in [3.63, 3.8) is 0 Å². The van der Waals surface area contributed by atoms with Crippen LogP contribution in [0.2, 0.25) is 0 Å². The Morgan fingerprint density at radius 3 is 2.26 bits per heavy atom. The second kappa shape index (κ2) is 10.6. The molecule has 1 aromatic rings. The van der Waals surface area contributed by atoms with E-state index in [0.717, 1.165) is 19.5 Å². The summed E-state index contributed by atoms with van der Waals surface area (Å²) in [6.07, 6.45) is 6.41. The summed E-state index contributed by atoms with van der Waals surface area (Å²) in [4.78, 5) is 42.6. The van der Waals surface area contributed by atoms with Gasteiger partial charge in [-0.25, -0.2) is 0 Å². The third kappa shape index (κ3) is 5.35. The summed E-state index contributed by atoms with van der Waals surface area (Å²) in [7, 11) is 0. The van der Waals surface area contributed by atoms with Gasteiger partial charge in [-0.1, -0.05) is 44.2 Å². The second-order valence-electron chi connectivity index (χ2n) is 8.91. The standard InChI is InChI=1S/C25H35N3O3/c1-4-27(19-11-6-5-7-12-19)16-10-15-26-23(29)22(17-18(2)3)28-24(30)20-13-8-9-14-21(20)25(28)31/h5-9,11-12,18,20-22H,4,10,13-17H2,1-3H3,(H,26,29). The van der Waals surface area contributed by atoms with E-state index in [9.17, 15) is 14.4 Å². The monoisotopic (exact) mass is 425 g/mol. The van der Waals surface area contributed by atoms with Crippen LogP contribution in [0.15, 0.2) is 42.5 Å². The lowest BCUT2D eigenvalue weighted by Crippen LogP contribution is -2.51. The number of amides is 3. The fraction of sp³-hybridized carbons (Fsp3) is 0.560. The molecule has 1 aromatic carbocycles. The highest BCUT2D eigenvalue weighted by Crippen LogP contribution is 2.37. The number of benzene rings is 1. The maximum atomic E-state index is 13.1. The highest BCUT2D eigenvalue weighted by atomic mass is 16.2. The van der Waals surface area contributed by atoms with Gasteiger partial charge in [-0.3, -0.25) is 19.3 Å². The first-order valence-corrected chi connectivity index (χ1v) is 11.5. The van der Waals surface area contributed by atoms with Gasteiger partial charge in [0.2, 0.25) is 17.7 Å². The lowest BCUT2D eigenvalue weighted by atomic mass is 9.85. The molecule has 0 saturated carbocycles. The molecule has 0 radical (unpaired) electrons. The van der Waals surface area contributed by atoms with Gasteiger partial charge in [-0.2, -0.15) is 0 Å². The quantitative estimate of drug-likeness (QED) is 0.354. The Labute approximate surface area is 185 Å². The number of nitrogens with one attached hydrogen (secondary N) is 1. The van der Waals surface area contributed by atoms with Crippen LogP contribution < -0.4 is 10.2 Å². The summed E-state index contributed by atoms with van der Waals surface area (Å²) in [6.45, 7) is 8.37. The molecular formula is C25H35N3O3. The predicted molar refractivity (Wildman–Crippen MR) is 122 cm³/mol. The molecule has 3 atom stereocenters. The number of hydrogen-bond acceptors (Lipinski definition) is 4. The van der Waals surface area contributed by atoms with E-state index in [0.29, 0.717) is 25.8 Å². The first-order valence-electron chi connectivity index (χ1n) is 11.5. The maximum Gasteiger partial charge on any atom is 0.243 e. The van der Waals surface area contributed by atoms with E-state index in [1.165, 1.54) is 10.6 Å². The van der Waals surface area contributed by atoms with Crippen molar-refractivity contribution in [2.24, 2.45) is 17.8 Å². The van der Waals surface area contributed by atoms with Crippen molar-refractivity contribution in [3.8, 4) is 0 Å². The summed E-state index contributed by atoms with van der Waals surface area (Å²) in [6, 6.07) is 9.49. The van der Waals surface area contributed by atoms with E-state index in [1.54, 1.807) is 0 Å². The number of anilines is 1. The molecule has 1 N–H and O–H groups in total. The van der Waals surface area contributed by atoms with Gasteiger partial charge in [0.05, 0.1) is 11.8 Å². The van der Waals surface area contributed by atoms with E-state index in [-0.39, 0.29) is 35.5 Å². The SMILES string of the molecule is CCN(CCCNC(=O)C(CC(C)C)N1C(=O)C2CC=CCC2C1=O)c1ccccc1. The van der Waals surface area contributed by atoms with Gasteiger partial charge in [0.15, 0.2) is 0 Å². The summed E-state index contributed by atoms with van der Waals surface area (Å²) in [5.74, 6) is -0.980. The average molecular weight is 426 g/mol. The van der Waals surface area contributed by atoms with Crippen LogP contribution in [0.3, 0.4) is 0 Å². The molecule has 31 heavy (non-hydrogen) atoms. The largest absolute Gasteiger partial charge is 0.372 e. The average Bonchev–Trinajstić information content (AvgIpc) is 3.03. The van der Waals surface area contributed by atoms with Crippen LogP contribution in [0.5, 0.6) is 0 Å². The van der Waals surface area contributed by atoms with Gasteiger partial charge < -0.3 is 10.2 Å². The van der Waals surface area contributed by atoms with Gasteiger partial charge in [0.1, 0.15) is 6.04 Å². The molecule has 2 aliphatic rings. The zero-order chi connectivity index (χ0) is 22.4. The summed E-state index contributed by atoms with van der Waals surface area (Å²) in [5, 5.41) is 2.99. The molecule has 0 bridgehead atoms. The third-order valence-electron chi connectivity index (χ3n) is 6.26. The lowest BCUT2D eigenvalue weighted by molar-refractivity contribution is -0.148. The molecule has 168 valence electrons. The Kier molecular flexibility index (Phi) is 7.88. The summed E-state index contributed by atoms with van der Waals surface area (Å²) in [5.41, 5.74) is 1.17. The van der Waals surface area contributed by atoms with Crippen molar-refractivity contribution in [2.45, 2.75) is 52.5 Å². The van der Waals surface area contributed by atoms with E-state index in [2.05, 4.69) is 29.3 Å². The summed E-state index contributed by atoms with van der Waals surface area (Å²) < 4.78 is 0. The van der Waals surface area contributed by atoms with Crippen molar-refractivity contribution in [1.82, 2.24) is 10.2 Å². The molecule has 1 saturated heterocycles. The van der Waals surface area contributed by atoms with Crippen LogP contribution in [-0.4, -0.2) is 48.3 Å². The molecule has 3 amide bonds. The van der Waals surface area contributed by atoms with E-state index >= 15 is 0 Å². The molecule has 6 heteroatoms. The van der Waals surface area contributed by atoms with E-state index in [4.69, 9.17) is 0 Å². The Morgan fingerprint density at radius 1 is 1.10 bits per heavy atom. The first-order chi connectivity index (χ1) is 14.9. The molecule has 1 aliphatic heterocycles. The first kappa shape index (κ1) is 23.0. The van der Waals surface area contributed by atoms with Crippen LogP contribution in [0.4, 0.5) is 5.69 Å². The minimum absolute atomic E-state index is 0.179. The van der Waals surface area contributed by atoms with Crippen LogP contribution in [0.1, 0.15) is 46.5 Å². The highest BCUT2D eigenvalue weighted by molar-refractivity contribution is 6.08. The molecule has 3 unspecified atom stereocenters. The zero-order valence-electron chi connectivity index (χ0n) is 18.9. The molecule has 6 nitrogen and oxygen atoms in total. The van der Waals surface area contributed by atoms with Crippen LogP contribution in [0.25, 0.3) is 0 Å². The minimum atomic E-state index is -0.720. The number of imide groups is 1. The fourth-order valence-corrected chi connectivity index (χ4v) is 4.62. The Hall–Kier alpha value is -2.63. The predicted octanol–water partition coefficient (Wildman–Crippen LogP) is 3.39. The van der Waals surface area contributed by atoms with E-state index in [1.807, 2.05) is 44.2 Å². The van der Waals surface area contributed by atoms with Gasteiger partial charge in [0.25, 0.3) is 0 Å². The van der Waals surface area contributed by atoms with Gasteiger partial charge in [0, 0.05) is 25.3 Å². The van der Waals surface area contributed by atoms with Gasteiger partial charge >= 0.3 is 0 Å². The number of carbonyl (C=O) groups is 3. The van der Waals surface area contributed by atoms with Crippen LogP contribution in [-0.2, 0) is 14.4 Å². The fourth-order valence-electron chi connectivity index (χ4n) is 4.62. The van der Waals surface area contributed by atoms with Crippen molar-refractivity contribution in [3.05, 3.63) is 42.5 Å². The number of para-hydroxylation sites is 1. The highest BCUT2D eigenvalue weighted by Gasteiger charge is 2.51. The van der Waals surface area contributed by atoms with Crippen molar-refractivity contribution in [1.29, 1.82) is 0 Å². The van der Waals surface area contributed by atoms with Crippen LogP contribution in [0, 0.1) is 17.8 Å². The number of hydrogen-bond donors (Lipinski definition) is 1. The van der Waals surface area contributed by atoms with Crippen LogP contribution >= 0.6 is 0 Å². The Morgan fingerprint density at radius 2 is 1.71 bits per heavy atom. The second-order valence-corrected chi connectivity index (χ2v) is 8.91. The smallest absolute Gasteiger partial charge is 0.243 e. The number of nitrogens with zero attached hydrogens (tertiary/aromatic N) is 2. The molecule has 0 spiro atoms. The normalized spacial score (nSPS) is 21.4. The Balaban J connectivity index is 1.59. The van der Waals surface area contributed by atoms with Crippen molar-refractivity contribution in [2.75, 3.05) is 24.5 Å². The number of rotatable bonds is 10. The number of fused-ring (bicyclic) bond motifs is 1. The number of likely N-dealkylation sites (tertiary alicyclic amines) is 1. The third-order valence-corrected chi connectivity index (χ3v) is 6.26. The number of allylic oxidation sites excluding steroid dienone is 2. The zero-order valence-corrected chi connectivity index (χ0v) is 18.9. The maximum absolute atomic E-state index is 13.1. The molecule has 1 fully saturated rings. The molecule has 1 aliphatic carbocycles. The van der Waals surface area contributed by atoms with Crippen molar-refractivity contribution < 1.29 is 14.4 Å². The van der Waals surface area contributed by atoms with E-state index < -0.39 is 6.04 Å². The topological polar surface area (TPSA) is 69.7 Å². The molecule has 1 heterocycles. The van der Waals surface area contributed by atoms with Gasteiger partial charge in [-0.05, 0) is 50.7 Å². The minimum Gasteiger partial charge on any atom is -0.372 e. The molecular weight excluding hydrogens is 390 g/mol. The van der Waals surface area contributed by atoms with Gasteiger partial charge in [-0.15, -0.1) is 0 Å². The molecule has 3 rings (SSSR count). The van der Waals surface area contributed by atoms with Crippen molar-refractivity contribution >= 4 is 23.4 Å².